The molecule has 1 heterocycles. The van der Waals surface area contributed by atoms with E-state index in [9.17, 15) is 4.79 Å². The number of hydrogen-bond acceptors (Lipinski definition) is 4. The molecule has 5 nitrogen and oxygen atoms in total. The minimum atomic E-state index is -0.139. The average Bonchev–Trinajstić information content (AvgIpc) is 2.39. The number of carbonyl (C=O) groups is 1. The highest BCUT2D eigenvalue weighted by molar-refractivity contribution is 5.99. The molecule has 0 spiro atoms. The number of rotatable bonds is 6. The first-order valence-electron chi connectivity index (χ1n) is 6.77. The molecule has 1 aromatic heterocycles. The van der Waals surface area contributed by atoms with Crippen LogP contribution in [0.1, 0.15) is 49.7 Å². The molecular formula is C14H24N4O. The Balaban J connectivity index is 2.83. The lowest BCUT2D eigenvalue weighted by Gasteiger charge is -2.23. The van der Waals surface area contributed by atoms with Gasteiger partial charge < -0.3 is 10.7 Å². The van der Waals surface area contributed by atoms with Crippen LogP contribution in [0, 0.1) is 12.8 Å². The first-order valence-corrected chi connectivity index (χ1v) is 6.77. The Labute approximate surface area is 115 Å². The predicted octanol–water partition coefficient (Wildman–Crippen LogP) is 2.23. The average molecular weight is 264 g/mol. The summed E-state index contributed by atoms with van der Waals surface area (Å²) in [5, 5.41) is 3.02. The van der Waals surface area contributed by atoms with E-state index in [0.29, 0.717) is 17.2 Å². The molecule has 0 fully saturated rings. The molecule has 0 aliphatic carbocycles. The van der Waals surface area contributed by atoms with Gasteiger partial charge >= 0.3 is 0 Å². The molecule has 106 valence electrons. The van der Waals surface area contributed by atoms with Gasteiger partial charge in [0.25, 0.3) is 5.91 Å². The summed E-state index contributed by atoms with van der Waals surface area (Å²) in [4.78, 5) is 16.4. The number of hydrogen-bond donors (Lipinski definition) is 3. The van der Waals surface area contributed by atoms with Gasteiger partial charge in [-0.25, -0.2) is 0 Å². The van der Waals surface area contributed by atoms with E-state index in [0.717, 1.165) is 18.5 Å². The summed E-state index contributed by atoms with van der Waals surface area (Å²) in [5.74, 6) is 5.79. The highest BCUT2D eigenvalue weighted by Gasteiger charge is 2.18. The van der Waals surface area contributed by atoms with Gasteiger partial charge in [-0.2, -0.15) is 0 Å². The van der Waals surface area contributed by atoms with E-state index in [1.807, 2.05) is 13.8 Å². The molecule has 1 rings (SSSR count). The summed E-state index contributed by atoms with van der Waals surface area (Å²) >= 11 is 0. The number of carbonyl (C=O) groups excluding carboxylic acids is 1. The molecule has 1 unspecified atom stereocenters. The molecule has 1 aromatic rings. The van der Waals surface area contributed by atoms with E-state index >= 15 is 0 Å². The first-order chi connectivity index (χ1) is 9.03. The second-order valence-electron chi connectivity index (χ2n) is 4.85. The molecule has 0 aromatic carbocycles. The number of hydrazine groups is 1. The van der Waals surface area contributed by atoms with E-state index in [1.54, 1.807) is 12.3 Å². The van der Waals surface area contributed by atoms with Crippen LogP contribution in [0.5, 0.6) is 0 Å². The highest BCUT2D eigenvalue weighted by atomic mass is 16.1. The third kappa shape index (κ3) is 3.92. The lowest BCUT2D eigenvalue weighted by atomic mass is 9.95. The summed E-state index contributed by atoms with van der Waals surface area (Å²) in [6.07, 6.45) is 3.65. The number of nitrogens with zero attached hydrogens (tertiary/aromatic N) is 1. The smallest absolute Gasteiger partial charge is 0.255 e. The van der Waals surface area contributed by atoms with Crippen molar-refractivity contribution in [1.82, 2.24) is 10.3 Å². The van der Waals surface area contributed by atoms with Gasteiger partial charge in [-0.05, 0) is 25.8 Å². The minimum absolute atomic E-state index is 0.134. The van der Waals surface area contributed by atoms with Crippen molar-refractivity contribution in [3.8, 4) is 0 Å². The number of anilines is 1. The molecule has 5 heteroatoms. The topological polar surface area (TPSA) is 80.0 Å². The van der Waals surface area contributed by atoms with Crippen LogP contribution >= 0.6 is 0 Å². The van der Waals surface area contributed by atoms with Crippen molar-refractivity contribution in [1.29, 1.82) is 0 Å². The second-order valence-corrected chi connectivity index (χ2v) is 4.85. The van der Waals surface area contributed by atoms with Crippen LogP contribution in [0.15, 0.2) is 12.3 Å². The number of nitrogen functional groups attached to an aromatic ring is 1. The van der Waals surface area contributed by atoms with E-state index < -0.39 is 0 Å². The standard InChI is InChI=1S/C14H24N4O/c1-5-11(6-2)10(4)17-14(19)12-8-16-9(3)7-13(12)18-15/h7-8,10-11H,5-6,15H2,1-4H3,(H,16,18)(H,17,19). The lowest BCUT2D eigenvalue weighted by Crippen LogP contribution is -2.38. The number of aromatic nitrogens is 1. The van der Waals surface area contributed by atoms with Crippen molar-refractivity contribution >= 4 is 11.6 Å². The number of amides is 1. The number of nitrogens with two attached hydrogens (primary N) is 1. The molecule has 0 radical (unpaired) electrons. The molecule has 1 amide bonds. The first kappa shape index (κ1) is 15.4. The van der Waals surface area contributed by atoms with Crippen molar-refractivity contribution in [3.63, 3.8) is 0 Å². The quantitative estimate of drug-likeness (QED) is 0.543. The fourth-order valence-corrected chi connectivity index (χ4v) is 2.26. The Bertz CT molecular complexity index is 429. The Morgan fingerprint density at radius 3 is 2.58 bits per heavy atom. The summed E-state index contributed by atoms with van der Waals surface area (Å²) in [6.45, 7) is 8.16. The lowest BCUT2D eigenvalue weighted by molar-refractivity contribution is 0.0925. The fourth-order valence-electron chi connectivity index (χ4n) is 2.26. The van der Waals surface area contributed by atoms with Crippen LogP contribution < -0.4 is 16.6 Å². The van der Waals surface area contributed by atoms with Crippen LogP contribution in [-0.2, 0) is 0 Å². The van der Waals surface area contributed by atoms with Gasteiger partial charge in [-0.3, -0.25) is 15.6 Å². The van der Waals surface area contributed by atoms with Gasteiger partial charge in [0.1, 0.15) is 0 Å². The van der Waals surface area contributed by atoms with Gasteiger partial charge in [-0.15, -0.1) is 0 Å². The molecule has 0 saturated heterocycles. The van der Waals surface area contributed by atoms with Crippen LogP contribution in [0.4, 0.5) is 5.69 Å². The van der Waals surface area contributed by atoms with Crippen molar-refractivity contribution in [2.75, 3.05) is 5.43 Å². The van der Waals surface area contributed by atoms with Crippen molar-refractivity contribution in [3.05, 3.63) is 23.5 Å². The van der Waals surface area contributed by atoms with Gasteiger partial charge in [0, 0.05) is 17.9 Å². The van der Waals surface area contributed by atoms with Crippen LogP contribution in [0.2, 0.25) is 0 Å². The Hall–Kier alpha value is -1.62. The molecule has 1 atom stereocenters. The van der Waals surface area contributed by atoms with Gasteiger partial charge in [0.05, 0.1) is 11.3 Å². The second kappa shape index (κ2) is 7.09. The SMILES string of the molecule is CCC(CC)C(C)NC(=O)c1cnc(C)cc1NN. The van der Waals surface area contributed by atoms with Gasteiger partial charge in [0.15, 0.2) is 0 Å². The van der Waals surface area contributed by atoms with E-state index in [-0.39, 0.29) is 11.9 Å². The monoisotopic (exact) mass is 264 g/mol. The zero-order valence-corrected chi connectivity index (χ0v) is 12.2. The van der Waals surface area contributed by atoms with Crippen LogP contribution in [0.25, 0.3) is 0 Å². The normalized spacial score (nSPS) is 12.3. The zero-order chi connectivity index (χ0) is 14.4. The maximum atomic E-state index is 12.2. The van der Waals surface area contributed by atoms with Crippen LogP contribution in [0.3, 0.4) is 0 Å². The van der Waals surface area contributed by atoms with Gasteiger partial charge in [0.2, 0.25) is 0 Å². The fraction of sp³-hybridized carbons (Fsp3) is 0.571. The Morgan fingerprint density at radius 1 is 1.42 bits per heavy atom. The van der Waals surface area contributed by atoms with E-state index in [2.05, 4.69) is 29.6 Å². The number of pyridine rings is 1. The number of aryl methyl sites for hydroxylation is 1. The molecule has 0 bridgehead atoms. The minimum Gasteiger partial charge on any atom is -0.349 e. The summed E-state index contributed by atoms with van der Waals surface area (Å²) in [5.41, 5.74) is 4.44. The summed E-state index contributed by atoms with van der Waals surface area (Å²) < 4.78 is 0. The van der Waals surface area contributed by atoms with Gasteiger partial charge in [-0.1, -0.05) is 26.7 Å². The molecule has 19 heavy (non-hydrogen) atoms. The maximum Gasteiger partial charge on any atom is 0.255 e. The largest absolute Gasteiger partial charge is 0.349 e. The van der Waals surface area contributed by atoms with Crippen molar-refractivity contribution in [2.24, 2.45) is 11.8 Å². The Morgan fingerprint density at radius 2 is 2.05 bits per heavy atom. The van der Waals surface area contributed by atoms with E-state index in [1.165, 1.54) is 0 Å². The summed E-state index contributed by atoms with van der Waals surface area (Å²) in [7, 11) is 0. The molecule has 0 saturated carbocycles. The third-order valence-electron chi connectivity index (χ3n) is 3.56. The molecule has 0 aliphatic heterocycles. The van der Waals surface area contributed by atoms with Crippen LogP contribution in [-0.4, -0.2) is 16.9 Å². The summed E-state index contributed by atoms with van der Waals surface area (Å²) in [6, 6.07) is 1.89. The predicted molar refractivity (Wildman–Crippen MR) is 77.8 cm³/mol. The number of nitrogens with one attached hydrogen (secondary N) is 2. The third-order valence-corrected chi connectivity index (χ3v) is 3.56. The zero-order valence-electron chi connectivity index (χ0n) is 12.2. The molecule has 4 N–H and O–H groups in total. The molecule has 0 aliphatic rings. The van der Waals surface area contributed by atoms with Crippen molar-refractivity contribution < 1.29 is 4.79 Å². The Kier molecular flexibility index (Phi) is 5.76. The highest BCUT2D eigenvalue weighted by Crippen LogP contribution is 2.17. The van der Waals surface area contributed by atoms with E-state index in [4.69, 9.17) is 5.84 Å². The molecular weight excluding hydrogens is 240 g/mol. The maximum absolute atomic E-state index is 12.2. The van der Waals surface area contributed by atoms with Crippen molar-refractivity contribution in [2.45, 2.75) is 46.6 Å².